The fourth-order valence-corrected chi connectivity index (χ4v) is 0.321. The molecule has 0 bridgehead atoms. The fourth-order valence-electron chi connectivity index (χ4n) is 0.193. The highest BCUT2D eigenvalue weighted by Crippen LogP contribution is 2.00. The maximum atomic E-state index is 9.93. The zero-order chi connectivity index (χ0) is 7.44. The number of hydrogen-bond donors (Lipinski definition) is 3. The SMILES string of the molecule is N[C@H](C(=O)O)C(S)N=O. The molecule has 0 rings (SSSR count). The number of carboxylic acids is 1. The van der Waals surface area contributed by atoms with Crippen molar-refractivity contribution in [1.82, 2.24) is 0 Å². The molecule has 0 fully saturated rings. The number of carboxylic acid groups (broad SMARTS) is 1. The molecule has 0 radical (unpaired) electrons. The standard InChI is InChI=1S/C3H6N2O3S/c4-1(3(6)7)2(9)5-8/h1-2,9H,4H2,(H,6,7)/t1-,2?/m0/s1. The second-order valence-corrected chi connectivity index (χ2v) is 1.91. The van der Waals surface area contributed by atoms with E-state index < -0.39 is 17.4 Å². The van der Waals surface area contributed by atoms with Crippen molar-refractivity contribution in [2.24, 2.45) is 10.9 Å². The van der Waals surface area contributed by atoms with Gasteiger partial charge in [-0.3, -0.25) is 4.79 Å². The van der Waals surface area contributed by atoms with Gasteiger partial charge in [0.25, 0.3) is 0 Å². The molecular weight excluding hydrogens is 144 g/mol. The Morgan fingerprint density at radius 1 is 1.78 bits per heavy atom. The number of thiol groups is 1. The van der Waals surface area contributed by atoms with E-state index in [1.54, 1.807) is 0 Å². The van der Waals surface area contributed by atoms with Gasteiger partial charge in [0.05, 0.1) is 0 Å². The van der Waals surface area contributed by atoms with Crippen molar-refractivity contribution in [1.29, 1.82) is 0 Å². The lowest BCUT2D eigenvalue weighted by Crippen LogP contribution is -2.37. The molecular formula is C3H6N2O3S. The Balaban J connectivity index is 3.86. The largest absolute Gasteiger partial charge is 0.480 e. The molecule has 0 aromatic rings. The maximum Gasteiger partial charge on any atom is 0.323 e. The van der Waals surface area contributed by atoms with Crippen LogP contribution in [0.15, 0.2) is 5.18 Å². The Morgan fingerprint density at radius 3 is 2.33 bits per heavy atom. The highest BCUT2D eigenvalue weighted by molar-refractivity contribution is 7.81. The minimum atomic E-state index is -1.31. The van der Waals surface area contributed by atoms with Crippen LogP contribution >= 0.6 is 12.6 Å². The molecule has 0 aliphatic carbocycles. The quantitative estimate of drug-likeness (QED) is 0.370. The molecule has 6 heteroatoms. The van der Waals surface area contributed by atoms with Gasteiger partial charge >= 0.3 is 5.97 Å². The smallest absolute Gasteiger partial charge is 0.323 e. The number of rotatable bonds is 3. The van der Waals surface area contributed by atoms with Gasteiger partial charge in [-0.2, -0.15) is 0 Å². The highest BCUT2D eigenvalue weighted by Gasteiger charge is 2.20. The molecule has 0 aromatic carbocycles. The van der Waals surface area contributed by atoms with E-state index in [1.807, 2.05) is 0 Å². The molecule has 2 atom stereocenters. The molecule has 1 unspecified atom stereocenters. The topological polar surface area (TPSA) is 92.8 Å². The van der Waals surface area contributed by atoms with Gasteiger partial charge in [-0.1, -0.05) is 5.18 Å². The first-order valence-corrected chi connectivity index (χ1v) is 2.60. The summed E-state index contributed by atoms with van der Waals surface area (Å²) in [7, 11) is 0. The Bertz CT molecular complexity index is 128. The highest BCUT2D eigenvalue weighted by atomic mass is 32.1. The first-order valence-electron chi connectivity index (χ1n) is 2.08. The Kier molecular flexibility index (Phi) is 3.18. The Hall–Kier alpha value is -0.620. The van der Waals surface area contributed by atoms with Gasteiger partial charge in [0, 0.05) is 0 Å². The van der Waals surface area contributed by atoms with Gasteiger partial charge in [-0.25, -0.2) is 0 Å². The van der Waals surface area contributed by atoms with E-state index >= 15 is 0 Å². The zero-order valence-corrected chi connectivity index (χ0v) is 5.28. The fraction of sp³-hybridized carbons (Fsp3) is 0.667. The summed E-state index contributed by atoms with van der Waals surface area (Å²) in [5.74, 6) is -1.28. The molecule has 9 heavy (non-hydrogen) atoms. The molecule has 52 valence electrons. The lowest BCUT2D eigenvalue weighted by molar-refractivity contribution is -0.138. The summed E-state index contributed by atoms with van der Waals surface area (Å²) in [6.07, 6.45) is 0. The lowest BCUT2D eigenvalue weighted by Gasteiger charge is -2.04. The van der Waals surface area contributed by atoms with Crippen molar-refractivity contribution in [2.75, 3.05) is 0 Å². The average Bonchev–Trinajstić information content (AvgIpc) is 1.84. The zero-order valence-electron chi connectivity index (χ0n) is 4.39. The van der Waals surface area contributed by atoms with E-state index in [4.69, 9.17) is 10.8 Å². The summed E-state index contributed by atoms with van der Waals surface area (Å²) in [6, 6.07) is -1.31. The first kappa shape index (κ1) is 8.38. The number of nitrogens with two attached hydrogens (primary N) is 1. The van der Waals surface area contributed by atoms with Gasteiger partial charge < -0.3 is 10.8 Å². The van der Waals surface area contributed by atoms with Crippen LogP contribution in [0.25, 0.3) is 0 Å². The first-order chi connectivity index (χ1) is 4.09. The predicted octanol–water partition coefficient (Wildman–Crippen LogP) is -0.579. The molecule has 0 amide bonds. The minimum absolute atomic E-state index is 1.16. The van der Waals surface area contributed by atoms with Crippen LogP contribution < -0.4 is 5.73 Å². The van der Waals surface area contributed by atoms with Crippen LogP contribution in [0.2, 0.25) is 0 Å². The van der Waals surface area contributed by atoms with Crippen molar-refractivity contribution in [3.05, 3.63) is 4.91 Å². The van der Waals surface area contributed by atoms with Crippen LogP contribution in [0.3, 0.4) is 0 Å². The van der Waals surface area contributed by atoms with Crippen molar-refractivity contribution < 1.29 is 9.90 Å². The third-order valence-corrected chi connectivity index (χ3v) is 1.13. The molecule has 0 aliphatic rings. The van der Waals surface area contributed by atoms with Crippen LogP contribution in [0.5, 0.6) is 0 Å². The lowest BCUT2D eigenvalue weighted by atomic mass is 10.3. The average molecular weight is 150 g/mol. The third kappa shape index (κ3) is 2.43. The molecule has 0 heterocycles. The number of carbonyl (C=O) groups is 1. The summed E-state index contributed by atoms with van der Waals surface area (Å²) in [5, 5.41) is 9.26. The molecule has 0 saturated carbocycles. The van der Waals surface area contributed by atoms with E-state index in [1.165, 1.54) is 0 Å². The predicted molar refractivity (Wildman–Crippen MR) is 34.2 cm³/mol. The van der Waals surface area contributed by atoms with E-state index in [2.05, 4.69) is 17.8 Å². The van der Waals surface area contributed by atoms with Crippen LogP contribution in [0.1, 0.15) is 0 Å². The molecule has 0 spiro atoms. The van der Waals surface area contributed by atoms with Crippen LogP contribution in [-0.2, 0) is 4.79 Å². The maximum absolute atomic E-state index is 9.93. The van der Waals surface area contributed by atoms with Gasteiger partial charge in [0.15, 0.2) is 5.37 Å². The van der Waals surface area contributed by atoms with E-state index in [9.17, 15) is 9.70 Å². The second-order valence-electron chi connectivity index (χ2n) is 1.38. The van der Waals surface area contributed by atoms with Gasteiger partial charge in [0.1, 0.15) is 6.04 Å². The summed E-state index contributed by atoms with van der Waals surface area (Å²) in [5.41, 5.74) is 4.90. The monoisotopic (exact) mass is 150 g/mol. The van der Waals surface area contributed by atoms with E-state index in [0.717, 1.165) is 0 Å². The van der Waals surface area contributed by atoms with Crippen molar-refractivity contribution in [3.8, 4) is 0 Å². The summed E-state index contributed by atoms with van der Waals surface area (Å²) in [6.45, 7) is 0. The summed E-state index contributed by atoms with van der Waals surface area (Å²) in [4.78, 5) is 19.5. The van der Waals surface area contributed by atoms with Crippen molar-refractivity contribution in [3.63, 3.8) is 0 Å². The number of nitroso groups, excluding NO2 is 1. The number of nitrogens with zero attached hydrogens (tertiary/aromatic N) is 1. The number of aliphatic carboxylic acids is 1. The van der Waals surface area contributed by atoms with Crippen LogP contribution in [-0.4, -0.2) is 22.5 Å². The van der Waals surface area contributed by atoms with E-state index in [0.29, 0.717) is 0 Å². The molecule has 3 N–H and O–H groups in total. The number of hydrogen-bond acceptors (Lipinski definition) is 5. The molecule has 0 aromatic heterocycles. The van der Waals surface area contributed by atoms with Crippen molar-refractivity contribution in [2.45, 2.75) is 11.4 Å². The summed E-state index contributed by atoms with van der Waals surface area (Å²) < 4.78 is 0. The Labute approximate surface area is 56.6 Å². The molecule has 0 aliphatic heterocycles. The van der Waals surface area contributed by atoms with Gasteiger partial charge in [-0.15, -0.1) is 17.5 Å². The molecule has 5 nitrogen and oxygen atoms in total. The molecule has 0 saturated heterocycles. The third-order valence-electron chi connectivity index (χ3n) is 0.714. The van der Waals surface area contributed by atoms with Gasteiger partial charge in [-0.05, 0) is 0 Å². The van der Waals surface area contributed by atoms with E-state index in [-0.39, 0.29) is 0 Å². The normalized spacial score (nSPS) is 16.2. The van der Waals surface area contributed by atoms with Gasteiger partial charge in [0.2, 0.25) is 0 Å². The Morgan fingerprint density at radius 2 is 2.22 bits per heavy atom. The van der Waals surface area contributed by atoms with Crippen LogP contribution in [0.4, 0.5) is 0 Å². The summed E-state index contributed by atoms with van der Waals surface area (Å²) >= 11 is 3.48. The van der Waals surface area contributed by atoms with Crippen molar-refractivity contribution >= 4 is 18.6 Å². The minimum Gasteiger partial charge on any atom is -0.480 e. The second kappa shape index (κ2) is 3.41. The van der Waals surface area contributed by atoms with Crippen LogP contribution in [0, 0.1) is 4.91 Å².